The SMILES string of the molecule is CC(=O)OOC(=O)O. The molecule has 0 unspecified atom stereocenters. The molecule has 0 radical (unpaired) electrons. The summed E-state index contributed by atoms with van der Waals surface area (Å²) in [6.07, 6.45) is -1.64. The molecule has 0 heterocycles. The van der Waals surface area contributed by atoms with E-state index in [1.165, 1.54) is 0 Å². The van der Waals surface area contributed by atoms with Gasteiger partial charge in [-0.15, -0.1) is 0 Å². The predicted octanol–water partition coefficient (Wildman–Crippen LogP) is 0.159. The third-order valence-electron chi connectivity index (χ3n) is 0.230. The first kappa shape index (κ1) is 6.74. The Morgan fingerprint density at radius 2 is 1.88 bits per heavy atom. The third-order valence-corrected chi connectivity index (χ3v) is 0.230. The Bertz CT molecular complexity index is 92.2. The van der Waals surface area contributed by atoms with Crippen LogP contribution in [0.25, 0.3) is 0 Å². The minimum Gasteiger partial charge on any atom is -0.447 e. The second-order valence-corrected chi connectivity index (χ2v) is 0.924. The van der Waals surface area contributed by atoms with Gasteiger partial charge in [0.15, 0.2) is 0 Å². The van der Waals surface area contributed by atoms with Gasteiger partial charge < -0.3 is 5.11 Å². The van der Waals surface area contributed by atoms with Gasteiger partial charge >= 0.3 is 12.1 Å². The maximum absolute atomic E-state index is 9.74. The average Bonchev–Trinajstić information content (AvgIpc) is 1.61. The van der Waals surface area contributed by atoms with Crippen molar-refractivity contribution in [2.75, 3.05) is 0 Å². The van der Waals surface area contributed by atoms with Crippen LogP contribution in [0.2, 0.25) is 0 Å². The molecule has 0 aromatic heterocycles. The molecule has 0 bridgehead atoms. The topological polar surface area (TPSA) is 72.8 Å². The number of hydrogen-bond donors (Lipinski definition) is 1. The van der Waals surface area contributed by atoms with Gasteiger partial charge in [0.2, 0.25) is 0 Å². The van der Waals surface area contributed by atoms with E-state index in [1.807, 2.05) is 0 Å². The average molecular weight is 120 g/mol. The van der Waals surface area contributed by atoms with Crippen LogP contribution < -0.4 is 0 Å². The lowest BCUT2D eigenvalue weighted by atomic mass is 10.8. The summed E-state index contributed by atoms with van der Waals surface area (Å²) in [6, 6.07) is 0. The molecule has 1 N–H and O–H groups in total. The summed E-state index contributed by atoms with van der Waals surface area (Å²) >= 11 is 0. The minimum absolute atomic E-state index is 0.799. The lowest BCUT2D eigenvalue weighted by Gasteiger charge is -1.91. The van der Waals surface area contributed by atoms with Crippen molar-refractivity contribution in [3.8, 4) is 0 Å². The normalized spacial score (nSPS) is 7.62. The highest BCUT2D eigenvalue weighted by atomic mass is 17.2. The van der Waals surface area contributed by atoms with Crippen molar-refractivity contribution in [1.29, 1.82) is 0 Å². The number of carbonyl (C=O) groups is 2. The van der Waals surface area contributed by atoms with Crippen molar-refractivity contribution in [3.05, 3.63) is 0 Å². The summed E-state index contributed by atoms with van der Waals surface area (Å²) in [5.74, 6) is -0.799. The van der Waals surface area contributed by atoms with Gasteiger partial charge in [-0.2, -0.15) is 0 Å². The van der Waals surface area contributed by atoms with Gasteiger partial charge in [0.25, 0.3) is 0 Å². The Morgan fingerprint density at radius 1 is 1.38 bits per heavy atom. The maximum Gasteiger partial charge on any atom is 0.547 e. The summed E-state index contributed by atoms with van der Waals surface area (Å²) < 4.78 is 0. The molecule has 8 heavy (non-hydrogen) atoms. The molecule has 46 valence electrons. The molecule has 0 saturated carbocycles. The Balaban J connectivity index is 3.18. The fraction of sp³-hybridized carbons (Fsp3) is 0.333. The molecule has 0 aromatic carbocycles. The van der Waals surface area contributed by atoms with E-state index in [2.05, 4.69) is 9.78 Å². The van der Waals surface area contributed by atoms with Crippen LogP contribution in [-0.2, 0) is 14.6 Å². The first-order chi connectivity index (χ1) is 3.63. The fourth-order valence-corrected chi connectivity index (χ4v) is 0.0943. The fourth-order valence-electron chi connectivity index (χ4n) is 0.0943. The maximum atomic E-state index is 9.74. The summed E-state index contributed by atoms with van der Waals surface area (Å²) in [5.41, 5.74) is 0. The molecule has 5 nitrogen and oxygen atoms in total. The van der Waals surface area contributed by atoms with Gasteiger partial charge in [-0.05, 0) is 0 Å². The zero-order valence-electron chi connectivity index (χ0n) is 4.08. The first-order valence-electron chi connectivity index (χ1n) is 1.71. The van der Waals surface area contributed by atoms with E-state index in [9.17, 15) is 9.59 Å². The molecule has 5 heteroatoms. The number of carbonyl (C=O) groups excluding carboxylic acids is 1. The molecule has 0 saturated heterocycles. The van der Waals surface area contributed by atoms with E-state index >= 15 is 0 Å². The van der Waals surface area contributed by atoms with Crippen LogP contribution in [-0.4, -0.2) is 17.2 Å². The van der Waals surface area contributed by atoms with E-state index < -0.39 is 12.1 Å². The molecular weight excluding hydrogens is 116 g/mol. The molecule has 0 aliphatic rings. The molecule has 0 fully saturated rings. The highest BCUT2D eigenvalue weighted by molar-refractivity contribution is 5.66. The summed E-state index contributed by atoms with van der Waals surface area (Å²) in [7, 11) is 0. The summed E-state index contributed by atoms with van der Waals surface area (Å²) in [4.78, 5) is 26.1. The Morgan fingerprint density at radius 3 is 2.00 bits per heavy atom. The smallest absolute Gasteiger partial charge is 0.447 e. The van der Waals surface area contributed by atoms with Gasteiger partial charge in [-0.1, -0.05) is 0 Å². The highest BCUT2D eigenvalue weighted by Crippen LogP contribution is 1.78. The van der Waals surface area contributed by atoms with E-state index in [0.29, 0.717) is 0 Å². The van der Waals surface area contributed by atoms with Crippen molar-refractivity contribution in [1.82, 2.24) is 0 Å². The van der Waals surface area contributed by atoms with Crippen LogP contribution >= 0.6 is 0 Å². The standard InChI is InChI=1S/C3H4O5/c1-2(4)7-8-3(5)6/h1H3,(H,5,6). The summed E-state index contributed by atoms with van der Waals surface area (Å²) in [6.45, 7) is 1.03. The predicted molar refractivity (Wildman–Crippen MR) is 20.9 cm³/mol. The first-order valence-corrected chi connectivity index (χ1v) is 1.71. The van der Waals surface area contributed by atoms with Gasteiger partial charge in [0.05, 0.1) is 0 Å². The zero-order chi connectivity index (χ0) is 6.57. The lowest BCUT2D eigenvalue weighted by Crippen LogP contribution is -2.04. The van der Waals surface area contributed by atoms with Crippen molar-refractivity contribution in [2.24, 2.45) is 0 Å². The largest absolute Gasteiger partial charge is 0.547 e. The lowest BCUT2D eigenvalue weighted by molar-refractivity contribution is -0.238. The highest BCUT2D eigenvalue weighted by Gasteiger charge is 1.98. The molecule has 0 rings (SSSR count). The Kier molecular flexibility index (Phi) is 2.39. The van der Waals surface area contributed by atoms with Crippen LogP contribution in [0.4, 0.5) is 4.79 Å². The third kappa shape index (κ3) is 4.74. The van der Waals surface area contributed by atoms with E-state index in [0.717, 1.165) is 6.92 Å². The van der Waals surface area contributed by atoms with Crippen LogP contribution in [0.5, 0.6) is 0 Å². The van der Waals surface area contributed by atoms with E-state index in [-0.39, 0.29) is 0 Å². The van der Waals surface area contributed by atoms with Crippen LogP contribution in [0.1, 0.15) is 6.92 Å². The molecular formula is C3H4O5. The quantitative estimate of drug-likeness (QED) is 0.364. The number of hydrogen-bond acceptors (Lipinski definition) is 4. The van der Waals surface area contributed by atoms with Crippen LogP contribution in [0, 0.1) is 0 Å². The van der Waals surface area contributed by atoms with Crippen molar-refractivity contribution in [2.45, 2.75) is 6.92 Å². The molecule has 0 aliphatic heterocycles. The van der Waals surface area contributed by atoms with Gasteiger partial charge in [-0.3, -0.25) is 0 Å². The molecule has 0 amide bonds. The van der Waals surface area contributed by atoms with Gasteiger partial charge in [-0.25, -0.2) is 19.4 Å². The molecule has 0 atom stereocenters. The number of carboxylic acid groups (broad SMARTS) is 1. The molecule has 0 aromatic rings. The summed E-state index contributed by atoms with van der Waals surface area (Å²) in [5, 5.41) is 7.66. The zero-order valence-corrected chi connectivity index (χ0v) is 4.08. The number of rotatable bonds is 0. The minimum atomic E-state index is -1.64. The van der Waals surface area contributed by atoms with Crippen molar-refractivity contribution in [3.63, 3.8) is 0 Å². The van der Waals surface area contributed by atoms with Crippen molar-refractivity contribution < 1.29 is 24.5 Å². The monoisotopic (exact) mass is 120 g/mol. The van der Waals surface area contributed by atoms with Crippen molar-refractivity contribution >= 4 is 12.1 Å². The van der Waals surface area contributed by atoms with E-state index in [1.54, 1.807) is 0 Å². The second-order valence-electron chi connectivity index (χ2n) is 0.924. The van der Waals surface area contributed by atoms with E-state index in [4.69, 9.17) is 5.11 Å². The van der Waals surface area contributed by atoms with Gasteiger partial charge in [0, 0.05) is 6.92 Å². The Labute approximate surface area is 44.7 Å². The molecule has 0 aliphatic carbocycles. The van der Waals surface area contributed by atoms with Crippen LogP contribution in [0.15, 0.2) is 0 Å². The Hall–Kier alpha value is -1.26. The second kappa shape index (κ2) is 2.84. The van der Waals surface area contributed by atoms with Gasteiger partial charge in [0.1, 0.15) is 0 Å². The molecule has 0 spiro atoms. The van der Waals surface area contributed by atoms with Crippen LogP contribution in [0.3, 0.4) is 0 Å².